The zero-order valence-corrected chi connectivity index (χ0v) is 23.2. The number of nitrogens with one attached hydrogen (secondary N) is 3. The van der Waals surface area contributed by atoms with Crippen molar-refractivity contribution in [2.45, 2.75) is 38.1 Å². The molecule has 0 bridgehead atoms. The van der Waals surface area contributed by atoms with Gasteiger partial charge < -0.3 is 20.6 Å². The number of nitrogens with zero attached hydrogens (tertiary/aromatic N) is 4. The lowest BCUT2D eigenvalue weighted by Gasteiger charge is -2.35. The summed E-state index contributed by atoms with van der Waals surface area (Å²) in [6.07, 6.45) is 1.72. The topological polar surface area (TPSA) is 123 Å². The first kappa shape index (κ1) is 27.8. The van der Waals surface area contributed by atoms with Crippen LogP contribution in [0.15, 0.2) is 59.6 Å². The molecule has 1 aliphatic rings. The van der Waals surface area contributed by atoms with Crippen molar-refractivity contribution < 1.29 is 13.5 Å². The minimum absolute atomic E-state index is 0.178. The summed E-state index contributed by atoms with van der Waals surface area (Å²) in [6, 6.07) is 14.8. The third-order valence-electron chi connectivity index (χ3n) is 6.10. The van der Waals surface area contributed by atoms with Gasteiger partial charge in [0.25, 0.3) is 0 Å². The largest absolute Gasteiger partial charge is 0.395 e. The molecule has 0 unspecified atom stereocenters. The standard InChI is InChI=1S/C27H37N7O3S/c1-20-19-28-26(30-21-8-10-23(11-9-21)34-14-12-33(13-15-34)16-17-35)31-25(20)29-22-6-5-7-24(18-22)38(36,37)32-27(2,3)4/h5-11,18-19,32,35H,12-17H2,1-4H3,(H2,28,29,30,31). The highest BCUT2D eigenvalue weighted by Gasteiger charge is 2.22. The fourth-order valence-corrected chi connectivity index (χ4v) is 5.69. The van der Waals surface area contributed by atoms with Gasteiger partial charge in [-0.05, 0) is 70.2 Å². The molecule has 1 saturated heterocycles. The summed E-state index contributed by atoms with van der Waals surface area (Å²) < 4.78 is 28.2. The van der Waals surface area contributed by atoms with Crippen molar-refractivity contribution in [3.63, 3.8) is 0 Å². The van der Waals surface area contributed by atoms with E-state index in [1.807, 2.05) is 19.1 Å². The van der Waals surface area contributed by atoms with E-state index in [9.17, 15) is 8.42 Å². The van der Waals surface area contributed by atoms with Crippen LogP contribution in [0.3, 0.4) is 0 Å². The Labute approximate surface area is 225 Å². The number of rotatable bonds is 9. The average Bonchev–Trinajstić information content (AvgIpc) is 2.86. The molecule has 204 valence electrons. The molecular weight excluding hydrogens is 502 g/mol. The van der Waals surface area contributed by atoms with Crippen molar-refractivity contribution in [3.8, 4) is 0 Å². The van der Waals surface area contributed by atoms with Gasteiger partial charge in [-0.1, -0.05) is 6.07 Å². The van der Waals surface area contributed by atoms with E-state index in [0.717, 1.165) is 49.7 Å². The van der Waals surface area contributed by atoms with Crippen LogP contribution >= 0.6 is 0 Å². The first-order valence-corrected chi connectivity index (χ1v) is 14.2. The van der Waals surface area contributed by atoms with Crippen LogP contribution in [-0.4, -0.2) is 73.3 Å². The molecule has 1 aromatic heterocycles. The smallest absolute Gasteiger partial charge is 0.241 e. The number of hydrogen-bond acceptors (Lipinski definition) is 9. The van der Waals surface area contributed by atoms with Crippen LogP contribution in [0.2, 0.25) is 0 Å². The second-order valence-corrected chi connectivity index (χ2v) is 12.1. The molecule has 2 heterocycles. The van der Waals surface area contributed by atoms with Crippen molar-refractivity contribution in [1.29, 1.82) is 0 Å². The van der Waals surface area contributed by atoms with Gasteiger partial charge in [0.1, 0.15) is 5.82 Å². The highest BCUT2D eigenvalue weighted by atomic mass is 32.2. The Morgan fingerprint density at radius 1 is 0.974 bits per heavy atom. The monoisotopic (exact) mass is 539 g/mol. The summed E-state index contributed by atoms with van der Waals surface area (Å²) in [5.74, 6) is 1.01. The number of hydrogen-bond donors (Lipinski definition) is 4. The fourth-order valence-electron chi connectivity index (χ4n) is 4.22. The Balaban J connectivity index is 1.43. The molecule has 0 atom stereocenters. The zero-order valence-electron chi connectivity index (χ0n) is 22.4. The average molecular weight is 540 g/mol. The summed E-state index contributed by atoms with van der Waals surface area (Å²) in [5, 5.41) is 15.6. The first-order chi connectivity index (χ1) is 18.0. The second-order valence-electron chi connectivity index (χ2n) is 10.5. The number of aromatic nitrogens is 2. The quantitative estimate of drug-likeness (QED) is 0.324. The summed E-state index contributed by atoms with van der Waals surface area (Å²) >= 11 is 0. The van der Waals surface area contributed by atoms with Crippen LogP contribution in [0.1, 0.15) is 26.3 Å². The molecule has 0 spiro atoms. The molecule has 1 fully saturated rings. The first-order valence-electron chi connectivity index (χ1n) is 12.7. The molecule has 10 nitrogen and oxygen atoms in total. The molecule has 2 aromatic carbocycles. The number of anilines is 5. The Bertz CT molecular complexity index is 1330. The molecule has 4 rings (SSSR count). The molecular formula is C27H37N7O3S. The molecule has 1 aliphatic heterocycles. The molecule has 11 heteroatoms. The van der Waals surface area contributed by atoms with Crippen molar-refractivity contribution in [2.75, 3.05) is 54.9 Å². The van der Waals surface area contributed by atoms with E-state index in [0.29, 0.717) is 17.5 Å². The van der Waals surface area contributed by atoms with Gasteiger partial charge in [0.2, 0.25) is 16.0 Å². The van der Waals surface area contributed by atoms with Crippen LogP contribution in [0.25, 0.3) is 0 Å². The summed E-state index contributed by atoms with van der Waals surface area (Å²) in [6.45, 7) is 12.0. The molecule has 4 N–H and O–H groups in total. The predicted molar refractivity (Wildman–Crippen MR) is 152 cm³/mol. The lowest BCUT2D eigenvalue weighted by molar-refractivity contribution is 0.189. The maximum Gasteiger partial charge on any atom is 0.241 e. The predicted octanol–water partition coefficient (Wildman–Crippen LogP) is 3.46. The van der Waals surface area contributed by atoms with E-state index in [-0.39, 0.29) is 11.5 Å². The van der Waals surface area contributed by atoms with Crippen LogP contribution in [-0.2, 0) is 10.0 Å². The van der Waals surface area contributed by atoms with E-state index in [4.69, 9.17) is 5.11 Å². The maximum atomic E-state index is 12.8. The number of aliphatic hydroxyl groups excluding tert-OH is 1. The SMILES string of the molecule is Cc1cnc(Nc2ccc(N3CCN(CCO)CC3)cc2)nc1Nc1cccc(S(=O)(=O)NC(C)(C)C)c1. The van der Waals surface area contributed by atoms with Crippen LogP contribution < -0.4 is 20.3 Å². The van der Waals surface area contributed by atoms with E-state index >= 15 is 0 Å². The Kier molecular flexibility index (Phi) is 8.51. The molecule has 38 heavy (non-hydrogen) atoms. The summed E-state index contributed by atoms with van der Waals surface area (Å²) in [4.78, 5) is 13.8. The van der Waals surface area contributed by atoms with Crippen molar-refractivity contribution in [2.24, 2.45) is 0 Å². The van der Waals surface area contributed by atoms with Crippen molar-refractivity contribution in [1.82, 2.24) is 19.6 Å². The van der Waals surface area contributed by atoms with E-state index in [2.05, 4.69) is 47.3 Å². The van der Waals surface area contributed by atoms with Gasteiger partial charge in [0.05, 0.1) is 11.5 Å². The minimum Gasteiger partial charge on any atom is -0.395 e. The molecule has 0 amide bonds. The number of aryl methyl sites for hydroxylation is 1. The summed E-state index contributed by atoms with van der Waals surface area (Å²) in [7, 11) is -3.66. The number of aliphatic hydroxyl groups is 1. The van der Waals surface area contributed by atoms with Gasteiger partial charge in [-0.25, -0.2) is 18.1 Å². The van der Waals surface area contributed by atoms with Gasteiger partial charge in [-0.3, -0.25) is 4.90 Å². The highest BCUT2D eigenvalue weighted by molar-refractivity contribution is 7.89. The number of piperazine rings is 1. The second kappa shape index (κ2) is 11.6. The Hall–Kier alpha value is -3.25. The Morgan fingerprint density at radius 2 is 1.68 bits per heavy atom. The van der Waals surface area contributed by atoms with E-state index in [1.165, 1.54) is 0 Å². The lowest BCUT2D eigenvalue weighted by Crippen LogP contribution is -2.47. The zero-order chi connectivity index (χ0) is 27.3. The molecule has 0 saturated carbocycles. The number of sulfonamides is 1. The highest BCUT2D eigenvalue weighted by Crippen LogP contribution is 2.25. The Morgan fingerprint density at radius 3 is 2.34 bits per heavy atom. The minimum atomic E-state index is -3.66. The van der Waals surface area contributed by atoms with Crippen molar-refractivity contribution >= 4 is 38.9 Å². The van der Waals surface area contributed by atoms with E-state index < -0.39 is 15.6 Å². The van der Waals surface area contributed by atoms with E-state index in [1.54, 1.807) is 51.2 Å². The van der Waals surface area contributed by atoms with Crippen LogP contribution in [0.5, 0.6) is 0 Å². The van der Waals surface area contributed by atoms with Crippen LogP contribution in [0.4, 0.5) is 28.8 Å². The number of β-amino-alcohol motifs (C(OH)–C–C–N with tert-alkyl or cyclic N) is 1. The van der Waals surface area contributed by atoms with Gasteiger partial charge in [0.15, 0.2) is 0 Å². The lowest BCUT2D eigenvalue weighted by atomic mass is 10.1. The van der Waals surface area contributed by atoms with Gasteiger partial charge >= 0.3 is 0 Å². The van der Waals surface area contributed by atoms with Gasteiger partial charge in [-0.2, -0.15) is 4.98 Å². The number of benzene rings is 2. The third kappa shape index (κ3) is 7.41. The van der Waals surface area contributed by atoms with Crippen LogP contribution in [0, 0.1) is 6.92 Å². The fraction of sp³-hybridized carbons (Fsp3) is 0.407. The van der Waals surface area contributed by atoms with Gasteiger partial charge in [-0.15, -0.1) is 0 Å². The van der Waals surface area contributed by atoms with Gasteiger partial charge in [0, 0.05) is 67.1 Å². The normalized spacial score (nSPS) is 14.9. The molecule has 3 aromatic rings. The third-order valence-corrected chi connectivity index (χ3v) is 7.85. The molecule has 0 radical (unpaired) electrons. The maximum absolute atomic E-state index is 12.8. The van der Waals surface area contributed by atoms with Crippen molar-refractivity contribution in [3.05, 3.63) is 60.3 Å². The molecule has 0 aliphatic carbocycles. The summed E-state index contributed by atoms with van der Waals surface area (Å²) in [5.41, 5.74) is 2.87.